The van der Waals surface area contributed by atoms with E-state index in [-0.39, 0.29) is 10.8 Å². The highest BCUT2D eigenvalue weighted by atomic mass is 32.2. The fourth-order valence-corrected chi connectivity index (χ4v) is 4.32. The van der Waals surface area contributed by atoms with Gasteiger partial charge in [-0.3, -0.25) is 9.52 Å². The predicted molar refractivity (Wildman–Crippen MR) is 114 cm³/mol. The van der Waals surface area contributed by atoms with Gasteiger partial charge in [0.2, 0.25) is 5.95 Å². The lowest BCUT2D eigenvalue weighted by Crippen LogP contribution is -2.49. The van der Waals surface area contributed by atoms with E-state index in [9.17, 15) is 13.2 Å². The molecular weight excluding hydrogens is 402 g/mol. The molecule has 8 nitrogen and oxygen atoms in total. The van der Waals surface area contributed by atoms with Crippen molar-refractivity contribution in [2.75, 3.05) is 35.8 Å². The highest BCUT2D eigenvalue weighted by Crippen LogP contribution is 2.18. The SMILES string of the molecule is O=C(c1ccc(NS(=O)(=O)c2ccccc2)cc1)N1CCN(c2ncccn2)CC1. The zero-order valence-corrected chi connectivity index (χ0v) is 17.0. The molecule has 0 aliphatic carbocycles. The van der Waals surface area contributed by atoms with Crippen LogP contribution in [0.25, 0.3) is 0 Å². The number of benzene rings is 2. The molecule has 1 N–H and O–H groups in total. The molecule has 4 rings (SSSR count). The third-order valence-corrected chi connectivity index (χ3v) is 6.24. The summed E-state index contributed by atoms with van der Waals surface area (Å²) in [5.41, 5.74) is 0.920. The fourth-order valence-electron chi connectivity index (χ4n) is 3.24. The Kier molecular flexibility index (Phi) is 5.62. The lowest BCUT2D eigenvalue weighted by molar-refractivity contribution is 0.0746. The summed E-state index contributed by atoms with van der Waals surface area (Å²) in [5.74, 6) is 0.584. The number of nitrogens with one attached hydrogen (secondary N) is 1. The molecular formula is C21H21N5O3S. The van der Waals surface area contributed by atoms with E-state index in [0.717, 1.165) is 0 Å². The maximum atomic E-state index is 12.8. The quantitative estimate of drug-likeness (QED) is 0.676. The number of amides is 1. The molecule has 9 heteroatoms. The number of sulfonamides is 1. The van der Waals surface area contributed by atoms with E-state index >= 15 is 0 Å². The number of hydrogen-bond acceptors (Lipinski definition) is 6. The van der Waals surface area contributed by atoms with Crippen LogP contribution in [-0.4, -0.2) is 55.4 Å². The second kappa shape index (κ2) is 8.50. The van der Waals surface area contributed by atoms with Gasteiger partial charge in [-0.2, -0.15) is 0 Å². The van der Waals surface area contributed by atoms with Crippen LogP contribution in [0.5, 0.6) is 0 Å². The largest absolute Gasteiger partial charge is 0.337 e. The Hall–Kier alpha value is -3.46. The molecule has 1 aliphatic rings. The minimum atomic E-state index is -3.66. The molecule has 1 aliphatic heterocycles. The van der Waals surface area contributed by atoms with Crippen LogP contribution in [-0.2, 0) is 10.0 Å². The second-order valence-corrected chi connectivity index (χ2v) is 8.51. The van der Waals surface area contributed by atoms with Crippen LogP contribution in [0.1, 0.15) is 10.4 Å². The van der Waals surface area contributed by atoms with Crippen LogP contribution in [0.2, 0.25) is 0 Å². The number of nitrogens with zero attached hydrogens (tertiary/aromatic N) is 4. The molecule has 0 atom stereocenters. The number of carbonyl (C=O) groups excluding carboxylic acids is 1. The zero-order chi connectivity index (χ0) is 21.0. The molecule has 2 heterocycles. The van der Waals surface area contributed by atoms with Crippen molar-refractivity contribution in [3.8, 4) is 0 Å². The highest BCUT2D eigenvalue weighted by Gasteiger charge is 2.23. The monoisotopic (exact) mass is 423 g/mol. The normalized spacial score (nSPS) is 14.4. The average Bonchev–Trinajstić information content (AvgIpc) is 2.80. The summed E-state index contributed by atoms with van der Waals surface area (Å²) in [5, 5.41) is 0. The van der Waals surface area contributed by atoms with Crippen LogP contribution >= 0.6 is 0 Å². The third-order valence-electron chi connectivity index (χ3n) is 4.84. The Labute approximate surface area is 175 Å². The summed E-state index contributed by atoms with van der Waals surface area (Å²) in [6.07, 6.45) is 3.40. The molecule has 0 spiro atoms. The van der Waals surface area contributed by atoms with Crippen molar-refractivity contribution in [1.82, 2.24) is 14.9 Å². The molecule has 1 amide bonds. The topological polar surface area (TPSA) is 95.5 Å². The maximum Gasteiger partial charge on any atom is 0.261 e. The first kappa shape index (κ1) is 19.8. The summed E-state index contributed by atoms with van der Waals surface area (Å²) in [6, 6.07) is 16.4. The van der Waals surface area contributed by atoms with Crippen LogP contribution in [0.3, 0.4) is 0 Å². The molecule has 0 unspecified atom stereocenters. The van der Waals surface area contributed by atoms with E-state index in [2.05, 4.69) is 14.7 Å². The van der Waals surface area contributed by atoms with Gasteiger partial charge in [0.05, 0.1) is 4.90 Å². The van der Waals surface area contributed by atoms with E-state index in [1.165, 1.54) is 12.1 Å². The fraction of sp³-hybridized carbons (Fsp3) is 0.190. The summed E-state index contributed by atoms with van der Waals surface area (Å²) in [4.78, 5) is 25.3. The van der Waals surface area contributed by atoms with Crippen molar-refractivity contribution in [1.29, 1.82) is 0 Å². The Balaban J connectivity index is 1.38. The molecule has 1 fully saturated rings. The van der Waals surface area contributed by atoms with E-state index in [0.29, 0.717) is 43.4 Å². The van der Waals surface area contributed by atoms with Crippen molar-refractivity contribution in [3.63, 3.8) is 0 Å². The number of hydrogen-bond donors (Lipinski definition) is 1. The maximum absolute atomic E-state index is 12.8. The van der Waals surface area contributed by atoms with Crippen LogP contribution in [0.4, 0.5) is 11.6 Å². The number of anilines is 2. The van der Waals surface area contributed by atoms with Crippen molar-refractivity contribution < 1.29 is 13.2 Å². The minimum absolute atomic E-state index is 0.0823. The van der Waals surface area contributed by atoms with E-state index in [1.807, 2.05) is 4.90 Å². The summed E-state index contributed by atoms with van der Waals surface area (Å²) < 4.78 is 27.4. The first-order valence-electron chi connectivity index (χ1n) is 9.52. The number of piperazine rings is 1. The molecule has 0 radical (unpaired) electrons. The van der Waals surface area contributed by atoms with Crippen molar-refractivity contribution in [2.24, 2.45) is 0 Å². The third kappa shape index (κ3) is 4.41. The standard InChI is InChI=1S/C21H21N5O3S/c27-20(25-13-15-26(16-14-25)21-22-11-4-12-23-21)17-7-9-18(10-8-17)24-30(28,29)19-5-2-1-3-6-19/h1-12,24H,13-16H2. The lowest BCUT2D eigenvalue weighted by Gasteiger charge is -2.34. The molecule has 0 saturated carbocycles. The molecule has 154 valence electrons. The average molecular weight is 423 g/mol. The Morgan fingerprint density at radius 2 is 1.47 bits per heavy atom. The second-order valence-electron chi connectivity index (χ2n) is 6.82. The predicted octanol–water partition coefficient (Wildman–Crippen LogP) is 2.24. The Bertz CT molecular complexity index is 1100. The zero-order valence-electron chi connectivity index (χ0n) is 16.2. The molecule has 1 aromatic heterocycles. The Morgan fingerprint density at radius 1 is 0.833 bits per heavy atom. The smallest absolute Gasteiger partial charge is 0.261 e. The van der Waals surface area contributed by atoms with Crippen molar-refractivity contribution in [3.05, 3.63) is 78.6 Å². The molecule has 1 saturated heterocycles. The van der Waals surface area contributed by atoms with Crippen molar-refractivity contribution >= 4 is 27.6 Å². The minimum Gasteiger partial charge on any atom is -0.337 e. The molecule has 2 aromatic carbocycles. The van der Waals surface area contributed by atoms with Crippen molar-refractivity contribution in [2.45, 2.75) is 4.90 Å². The van der Waals surface area contributed by atoms with Crippen LogP contribution in [0, 0.1) is 0 Å². The van der Waals surface area contributed by atoms with Gasteiger partial charge in [0, 0.05) is 49.8 Å². The number of rotatable bonds is 5. The van der Waals surface area contributed by atoms with Gasteiger partial charge in [0.1, 0.15) is 0 Å². The van der Waals surface area contributed by atoms with Gasteiger partial charge in [-0.15, -0.1) is 0 Å². The molecule has 3 aromatic rings. The van der Waals surface area contributed by atoms with Gasteiger partial charge in [0.15, 0.2) is 0 Å². The van der Waals surface area contributed by atoms with Gasteiger partial charge in [-0.25, -0.2) is 18.4 Å². The summed E-state index contributed by atoms with van der Waals surface area (Å²) in [6.45, 7) is 2.45. The first-order valence-corrected chi connectivity index (χ1v) is 11.0. The lowest BCUT2D eigenvalue weighted by atomic mass is 10.1. The van der Waals surface area contributed by atoms with Gasteiger partial charge >= 0.3 is 0 Å². The number of carbonyl (C=O) groups is 1. The van der Waals surface area contributed by atoms with E-state index < -0.39 is 10.0 Å². The van der Waals surface area contributed by atoms with Gasteiger partial charge < -0.3 is 9.80 Å². The van der Waals surface area contributed by atoms with E-state index in [1.54, 1.807) is 65.8 Å². The highest BCUT2D eigenvalue weighted by molar-refractivity contribution is 7.92. The Morgan fingerprint density at radius 3 is 2.10 bits per heavy atom. The van der Waals surface area contributed by atoms with Crippen LogP contribution in [0.15, 0.2) is 78.0 Å². The summed E-state index contributed by atoms with van der Waals surface area (Å²) in [7, 11) is -3.66. The summed E-state index contributed by atoms with van der Waals surface area (Å²) >= 11 is 0. The van der Waals surface area contributed by atoms with E-state index in [4.69, 9.17) is 0 Å². The van der Waals surface area contributed by atoms with Gasteiger partial charge in [-0.1, -0.05) is 18.2 Å². The number of aromatic nitrogens is 2. The first-order chi connectivity index (χ1) is 14.5. The van der Waals surface area contributed by atoms with Crippen LogP contribution < -0.4 is 9.62 Å². The molecule has 30 heavy (non-hydrogen) atoms. The van der Waals surface area contributed by atoms with Gasteiger partial charge in [0.25, 0.3) is 15.9 Å². The molecule has 0 bridgehead atoms. The van der Waals surface area contributed by atoms with Gasteiger partial charge in [-0.05, 0) is 42.5 Å².